The molecule has 0 unspecified atom stereocenters. The highest BCUT2D eigenvalue weighted by Gasteiger charge is 2.40. The second kappa shape index (κ2) is 4.78. The molecule has 0 amide bonds. The topological polar surface area (TPSA) is 72.4 Å². The Morgan fingerprint density at radius 2 is 1.88 bits per heavy atom. The molecule has 0 aliphatic carbocycles. The number of pyridine rings is 1. The number of nitrogens with zero attached hydrogens (tertiary/aromatic N) is 1. The van der Waals surface area contributed by atoms with Gasteiger partial charge in [0, 0.05) is 28.8 Å². The molecule has 8 heteroatoms. The third kappa shape index (κ3) is 1.91. The summed E-state index contributed by atoms with van der Waals surface area (Å²) in [4.78, 5) is 24.7. The van der Waals surface area contributed by atoms with E-state index in [2.05, 4.69) is 15.9 Å². The second-order valence-electron chi connectivity index (χ2n) is 6.37. The maximum absolute atomic E-state index is 14.4. The van der Waals surface area contributed by atoms with Crippen LogP contribution in [0.4, 0.5) is 8.78 Å². The lowest BCUT2D eigenvalue weighted by atomic mass is 9.83. The van der Waals surface area contributed by atoms with Crippen LogP contribution in [0.5, 0.6) is 5.75 Å². The zero-order valence-corrected chi connectivity index (χ0v) is 14.6. The van der Waals surface area contributed by atoms with Gasteiger partial charge in [0.2, 0.25) is 0 Å². The molecule has 3 heterocycles. The van der Waals surface area contributed by atoms with Gasteiger partial charge in [0.15, 0.2) is 5.75 Å². The van der Waals surface area contributed by atoms with Crippen LogP contribution in [0.1, 0.15) is 25.1 Å². The molecule has 1 aliphatic heterocycles. The van der Waals surface area contributed by atoms with Crippen LogP contribution >= 0.6 is 15.9 Å². The van der Waals surface area contributed by atoms with E-state index >= 15 is 0 Å². The summed E-state index contributed by atoms with van der Waals surface area (Å²) in [7, 11) is 0. The molecule has 1 aliphatic rings. The van der Waals surface area contributed by atoms with Gasteiger partial charge in [-0.3, -0.25) is 9.36 Å². The summed E-state index contributed by atoms with van der Waals surface area (Å²) in [5, 5.41) is 9.92. The van der Waals surface area contributed by atoms with E-state index in [1.807, 2.05) is 0 Å². The molecule has 0 atom stereocenters. The Hall–Kier alpha value is -2.48. The number of aromatic hydroxyl groups is 1. The van der Waals surface area contributed by atoms with Gasteiger partial charge in [0.25, 0.3) is 5.56 Å². The predicted octanol–water partition coefficient (Wildman–Crippen LogP) is 3.33. The van der Waals surface area contributed by atoms with Crippen molar-refractivity contribution in [1.29, 1.82) is 0 Å². The zero-order valence-electron chi connectivity index (χ0n) is 13.0. The lowest BCUT2D eigenvalue weighted by Gasteiger charge is -2.20. The molecular weight excluding hydrogens is 400 g/mol. The van der Waals surface area contributed by atoms with Gasteiger partial charge in [0.05, 0.1) is 5.69 Å². The lowest BCUT2D eigenvalue weighted by Crippen LogP contribution is -2.24. The van der Waals surface area contributed by atoms with Crippen LogP contribution in [-0.2, 0) is 5.41 Å². The summed E-state index contributed by atoms with van der Waals surface area (Å²) in [5.41, 5.74) is -2.13. The Kier molecular flexibility index (Phi) is 3.06. The summed E-state index contributed by atoms with van der Waals surface area (Å²) in [6.07, 6.45) is 0. The van der Waals surface area contributed by atoms with E-state index in [0.717, 1.165) is 16.7 Å². The summed E-state index contributed by atoms with van der Waals surface area (Å²) in [5.74, 6) is -2.18. The van der Waals surface area contributed by atoms with Crippen LogP contribution < -0.4 is 11.2 Å². The molecular formula is C17H10BrF2NO4. The quantitative estimate of drug-likeness (QED) is 0.617. The van der Waals surface area contributed by atoms with Crippen molar-refractivity contribution in [2.75, 3.05) is 0 Å². The SMILES string of the molecule is CC1(C)c2c(F)cc(F)cc2-n2c1cc1oc(=O)c(Br)c(O)c1c2=O. The first-order valence-corrected chi connectivity index (χ1v) is 8.05. The molecule has 2 aromatic heterocycles. The van der Waals surface area contributed by atoms with E-state index in [0.29, 0.717) is 5.69 Å². The standard InChI is InChI=1S/C17H10BrF2NO4/c1-17(2)10-5-9-11(14(22)13(18)16(24)25-9)15(23)21(10)8-4-6(19)3-7(20)12(8)17/h3-5,22H,1-2H3. The molecule has 4 rings (SSSR count). The number of hydrogen-bond donors (Lipinski definition) is 1. The van der Waals surface area contributed by atoms with Gasteiger partial charge in [-0.2, -0.15) is 0 Å². The van der Waals surface area contributed by atoms with Crippen molar-refractivity contribution >= 4 is 26.9 Å². The van der Waals surface area contributed by atoms with Crippen molar-refractivity contribution in [2.24, 2.45) is 0 Å². The fourth-order valence-corrected chi connectivity index (χ4v) is 3.70. The molecule has 0 saturated carbocycles. The molecule has 3 aromatic rings. The molecule has 1 N–H and O–H groups in total. The molecule has 0 bridgehead atoms. The lowest BCUT2D eigenvalue weighted by molar-refractivity contribution is 0.461. The highest BCUT2D eigenvalue weighted by Crippen LogP contribution is 2.44. The summed E-state index contributed by atoms with van der Waals surface area (Å²) in [6.45, 7) is 3.35. The zero-order chi connectivity index (χ0) is 18.3. The van der Waals surface area contributed by atoms with Crippen LogP contribution in [0.15, 0.2) is 36.7 Å². The van der Waals surface area contributed by atoms with E-state index < -0.39 is 34.0 Å². The molecule has 25 heavy (non-hydrogen) atoms. The summed E-state index contributed by atoms with van der Waals surface area (Å²) in [6, 6.07) is 3.21. The maximum atomic E-state index is 14.4. The Balaban J connectivity index is 2.27. The molecule has 5 nitrogen and oxygen atoms in total. The van der Waals surface area contributed by atoms with Gasteiger partial charge in [-0.05, 0) is 22.0 Å². The first-order chi connectivity index (χ1) is 11.6. The van der Waals surface area contributed by atoms with Crippen molar-refractivity contribution in [1.82, 2.24) is 4.57 Å². The summed E-state index contributed by atoms with van der Waals surface area (Å²) < 4.78 is 34.1. The van der Waals surface area contributed by atoms with Gasteiger partial charge in [-0.15, -0.1) is 0 Å². The van der Waals surface area contributed by atoms with Crippen LogP contribution in [0.2, 0.25) is 0 Å². The van der Waals surface area contributed by atoms with Gasteiger partial charge in [0.1, 0.15) is 27.1 Å². The first kappa shape index (κ1) is 16.0. The monoisotopic (exact) mass is 409 g/mol. The second-order valence-corrected chi connectivity index (χ2v) is 7.16. The average molecular weight is 410 g/mol. The molecule has 128 valence electrons. The van der Waals surface area contributed by atoms with Gasteiger partial charge < -0.3 is 9.52 Å². The van der Waals surface area contributed by atoms with Crippen LogP contribution in [-0.4, -0.2) is 9.67 Å². The smallest absolute Gasteiger partial charge is 0.354 e. The van der Waals surface area contributed by atoms with E-state index in [9.17, 15) is 23.5 Å². The van der Waals surface area contributed by atoms with Crippen LogP contribution in [0.3, 0.4) is 0 Å². The minimum atomic E-state index is -0.971. The Bertz CT molecular complexity index is 1210. The minimum Gasteiger partial charge on any atom is -0.506 e. The fourth-order valence-electron chi connectivity index (χ4n) is 3.42. The Morgan fingerprint density at radius 3 is 2.56 bits per heavy atom. The van der Waals surface area contributed by atoms with Gasteiger partial charge >= 0.3 is 5.63 Å². The highest BCUT2D eigenvalue weighted by atomic mass is 79.9. The Morgan fingerprint density at radius 1 is 1.20 bits per heavy atom. The molecule has 0 spiro atoms. The average Bonchev–Trinajstić information content (AvgIpc) is 2.72. The van der Waals surface area contributed by atoms with Crippen molar-refractivity contribution in [2.45, 2.75) is 19.3 Å². The normalized spacial score (nSPS) is 14.6. The minimum absolute atomic E-state index is 0.0612. The number of aromatic nitrogens is 1. The molecule has 1 aromatic carbocycles. The number of halogens is 3. The predicted molar refractivity (Wildman–Crippen MR) is 89.5 cm³/mol. The Labute approximate surface area is 147 Å². The van der Waals surface area contributed by atoms with Crippen molar-refractivity contribution in [3.8, 4) is 11.4 Å². The maximum Gasteiger partial charge on any atom is 0.354 e. The van der Waals surface area contributed by atoms with Crippen LogP contribution in [0, 0.1) is 11.6 Å². The van der Waals surface area contributed by atoms with Crippen molar-refractivity contribution < 1.29 is 18.3 Å². The van der Waals surface area contributed by atoms with Gasteiger partial charge in [-0.1, -0.05) is 13.8 Å². The van der Waals surface area contributed by atoms with Crippen molar-refractivity contribution in [3.63, 3.8) is 0 Å². The number of fused-ring (bicyclic) bond motifs is 4. The molecule has 0 radical (unpaired) electrons. The van der Waals surface area contributed by atoms with Crippen molar-refractivity contribution in [3.05, 3.63) is 66.3 Å². The largest absolute Gasteiger partial charge is 0.506 e. The number of hydrogen-bond acceptors (Lipinski definition) is 4. The molecule has 0 fully saturated rings. The highest BCUT2D eigenvalue weighted by molar-refractivity contribution is 9.10. The van der Waals surface area contributed by atoms with Crippen LogP contribution in [0.25, 0.3) is 16.7 Å². The third-order valence-corrected chi connectivity index (χ3v) is 5.24. The van der Waals surface area contributed by atoms with E-state index in [-0.39, 0.29) is 26.7 Å². The summed E-state index contributed by atoms with van der Waals surface area (Å²) >= 11 is 2.87. The van der Waals surface area contributed by atoms with Gasteiger partial charge in [-0.25, -0.2) is 13.6 Å². The number of rotatable bonds is 0. The van der Waals surface area contributed by atoms with E-state index in [4.69, 9.17) is 4.42 Å². The first-order valence-electron chi connectivity index (χ1n) is 7.26. The number of benzene rings is 1. The fraction of sp³-hybridized carbons (Fsp3) is 0.176. The third-order valence-electron chi connectivity index (χ3n) is 4.54. The molecule has 0 saturated heterocycles. The van der Waals surface area contributed by atoms with E-state index in [1.54, 1.807) is 13.8 Å². The van der Waals surface area contributed by atoms with E-state index in [1.165, 1.54) is 6.07 Å².